The van der Waals surface area contributed by atoms with Crippen LogP contribution in [0.3, 0.4) is 0 Å². The molecule has 5 aromatic rings. The maximum atomic E-state index is 13.4. The Kier molecular flexibility index (Phi) is 9.76. The van der Waals surface area contributed by atoms with Gasteiger partial charge in [-0.05, 0) is 79.1 Å². The van der Waals surface area contributed by atoms with E-state index in [4.69, 9.17) is 30.6 Å². The number of furan rings is 1. The molecule has 0 atom stereocenters. The maximum absolute atomic E-state index is 13.4. The molecule has 0 aliphatic carbocycles. The highest BCUT2D eigenvalue weighted by Gasteiger charge is 2.11. The molecule has 0 amide bonds. The molecule has 10 heteroatoms. The van der Waals surface area contributed by atoms with Gasteiger partial charge in [-0.3, -0.25) is 4.79 Å². The predicted molar refractivity (Wildman–Crippen MR) is 158 cm³/mol. The lowest BCUT2D eigenvalue weighted by Gasteiger charge is -2.12. The third-order valence-corrected chi connectivity index (χ3v) is 6.77. The van der Waals surface area contributed by atoms with Crippen molar-refractivity contribution >= 4 is 39.8 Å². The second-order valence-electron chi connectivity index (χ2n) is 9.62. The van der Waals surface area contributed by atoms with Gasteiger partial charge in [-0.2, -0.15) is 0 Å². The number of hydrogen-bond donors (Lipinski definition) is 2. The number of rotatable bonds is 14. The molecule has 0 saturated carbocycles. The molecule has 42 heavy (non-hydrogen) atoms. The number of aromatic nitrogens is 2. The monoisotopic (exact) mass is 589 g/mol. The average Bonchev–Trinajstić information content (AvgIpc) is 3.47. The lowest BCUT2D eigenvalue weighted by atomic mass is 10.1. The van der Waals surface area contributed by atoms with Crippen molar-refractivity contribution in [3.05, 3.63) is 101 Å². The first-order valence-corrected chi connectivity index (χ1v) is 13.8. The average molecular weight is 590 g/mol. The van der Waals surface area contributed by atoms with Gasteiger partial charge in [-0.15, -0.1) is 0 Å². The fraction of sp³-hybridized carbons (Fsp3) is 0.219. The fourth-order valence-electron chi connectivity index (χ4n) is 4.32. The molecule has 0 radical (unpaired) electrons. The number of nitrogens with one attached hydrogen (secondary N) is 1. The first-order chi connectivity index (χ1) is 20.5. The van der Waals surface area contributed by atoms with Crippen LogP contribution in [0.5, 0.6) is 5.75 Å². The summed E-state index contributed by atoms with van der Waals surface area (Å²) in [7, 11) is 0. The van der Waals surface area contributed by atoms with Crippen molar-refractivity contribution in [2.75, 3.05) is 18.5 Å². The number of aliphatic hydroxyl groups excluding tert-OH is 1. The largest absolute Gasteiger partial charge is 0.487 e. The van der Waals surface area contributed by atoms with Crippen LogP contribution in [0.25, 0.3) is 22.2 Å². The van der Waals surface area contributed by atoms with Crippen LogP contribution in [0.15, 0.2) is 83.5 Å². The van der Waals surface area contributed by atoms with Gasteiger partial charge in [0.1, 0.15) is 55.1 Å². The zero-order valence-corrected chi connectivity index (χ0v) is 23.4. The van der Waals surface area contributed by atoms with Crippen molar-refractivity contribution in [2.24, 2.45) is 0 Å². The molecule has 2 N–H and O–H groups in total. The number of halogens is 2. The third kappa shape index (κ3) is 7.70. The van der Waals surface area contributed by atoms with Crippen LogP contribution in [0, 0.1) is 5.82 Å². The number of fused-ring (bicyclic) bond motifs is 1. The van der Waals surface area contributed by atoms with Gasteiger partial charge in [0.25, 0.3) is 0 Å². The molecule has 0 bridgehead atoms. The number of nitrogens with zero attached hydrogens (tertiary/aromatic N) is 2. The number of unbranched alkanes of at least 4 members (excludes halogenated alkanes) is 1. The lowest BCUT2D eigenvalue weighted by molar-refractivity contribution is -0.121. The summed E-state index contributed by atoms with van der Waals surface area (Å²) in [5, 5.41) is 13.3. The summed E-state index contributed by atoms with van der Waals surface area (Å²) < 4.78 is 30.9. The highest BCUT2D eigenvalue weighted by atomic mass is 35.5. The summed E-state index contributed by atoms with van der Waals surface area (Å²) in [6.07, 6.45) is 3.26. The van der Waals surface area contributed by atoms with Gasteiger partial charge in [-0.1, -0.05) is 23.7 Å². The molecule has 8 nitrogen and oxygen atoms in total. The quantitative estimate of drug-likeness (QED) is 0.130. The second kappa shape index (κ2) is 14.0. The standard InChI is InChI=1S/C32H29ClFN3O5/c33-28-16-24(8-11-31(28)41-18-21-4-3-5-23(34)14-21)37-32-27-15-22(7-10-29(27)35-20-36-32)30-12-9-26(42-30)19-40-13-2-1-6-25(39)17-38/h3-5,7-12,14-16,20,38H,1-2,6,13,17-19H2,(H,35,36,37). The molecular formula is C32H29ClFN3O5. The van der Waals surface area contributed by atoms with E-state index >= 15 is 0 Å². The van der Waals surface area contributed by atoms with E-state index in [-0.39, 0.29) is 18.2 Å². The summed E-state index contributed by atoms with van der Waals surface area (Å²) in [6, 6.07) is 21.1. The molecule has 2 aromatic heterocycles. The Hall–Kier alpha value is -4.31. The van der Waals surface area contributed by atoms with Gasteiger partial charge in [0.2, 0.25) is 0 Å². The van der Waals surface area contributed by atoms with E-state index in [1.54, 1.807) is 24.3 Å². The van der Waals surface area contributed by atoms with Gasteiger partial charge >= 0.3 is 0 Å². The summed E-state index contributed by atoms with van der Waals surface area (Å²) in [4.78, 5) is 20.0. The van der Waals surface area contributed by atoms with Gasteiger partial charge in [0.05, 0.1) is 10.5 Å². The van der Waals surface area contributed by atoms with Crippen molar-refractivity contribution in [3.8, 4) is 17.1 Å². The van der Waals surface area contributed by atoms with E-state index in [9.17, 15) is 9.18 Å². The van der Waals surface area contributed by atoms with E-state index in [0.717, 1.165) is 22.9 Å². The molecule has 0 fully saturated rings. The van der Waals surface area contributed by atoms with Crippen molar-refractivity contribution < 1.29 is 28.2 Å². The van der Waals surface area contributed by atoms with E-state index in [2.05, 4.69) is 15.3 Å². The topological polar surface area (TPSA) is 107 Å². The van der Waals surface area contributed by atoms with Crippen LogP contribution in [-0.4, -0.2) is 34.1 Å². The van der Waals surface area contributed by atoms with Crippen molar-refractivity contribution in [1.82, 2.24) is 9.97 Å². The Morgan fingerprint density at radius 2 is 1.90 bits per heavy atom. The third-order valence-electron chi connectivity index (χ3n) is 6.47. The zero-order valence-electron chi connectivity index (χ0n) is 22.7. The molecule has 2 heterocycles. The van der Waals surface area contributed by atoms with Gasteiger partial charge in [-0.25, -0.2) is 14.4 Å². The number of benzene rings is 3. The Morgan fingerprint density at radius 3 is 2.74 bits per heavy atom. The highest BCUT2D eigenvalue weighted by Crippen LogP contribution is 2.33. The number of anilines is 2. The minimum Gasteiger partial charge on any atom is -0.487 e. The molecule has 3 aromatic carbocycles. The molecule has 0 spiro atoms. The van der Waals surface area contributed by atoms with Crippen LogP contribution in [0.4, 0.5) is 15.9 Å². The Morgan fingerprint density at radius 1 is 1.00 bits per heavy atom. The van der Waals surface area contributed by atoms with Gasteiger partial charge in [0.15, 0.2) is 5.78 Å². The van der Waals surface area contributed by atoms with E-state index < -0.39 is 6.61 Å². The summed E-state index contributed by atoms with van der Waals surface area (Å²) >= 11 is 6.48. The van der Waals surface area contributed by atoms with Crippen molar-refractivity contribution in [3.63, 3.8) is 0 Å². The second-order valence-corrected chi connectivity index (χ2v) is 10.0. The Labute approximate surface area is 247 Å². The number of carbonyl (C=O) groups excluding carboxylic acids is 1. The molecular weight excluding hydrogens is 561 g/mol. The van der Waals surface area contributed by atoms with Gasteiger partial charge < -0.3 is 24.3 Å². The van der Waals surface area contributed by atoms with Crippen LogP contribution in [-0.2, 0) is 22.7 Å². The lowest BCUT2D eigenvalue weighted by Crippen LogP contribution is -2.04. The van der Waals surface area contributed by atoms with Crippen molar-refractivity contribution in [1.29, 1.82) is 0 Å². The Bertz CT molecular complexity index is 1680. The van der Waals surface area contributed by atoms with Crippen LogP contribution >= 0.6 is 11.6 Å². The first kappa shape index (κ1) is 29.2. The minimum absolute atomic E-state index is 0.157. The number of ketones is 1. The predicted octanol–water partition coefficient (Wildman–Crippen LogP) is 7.25. The minimum atomic E-state index is -0.411. The van der Waals surface area contributed by atoms with E-state index in [0.29, 0.717) is 65.4 Å². The molecule has 216 valence electrons. The van der Waals surface area contributed by atoms with E-state index in [1.165, 1.54) is 18.5 Å². The SMILES string of the molecule is O=C(CO)CCCCOCc1ccc(-c2ccc3ncnc(Nc4ccc(OCc5cccc(F)c5)c(Cl)c4)c3c2)o1. The smallest absolute Gasteiger partial charge is 0.158 e. The first-order valence-electron chi connectivity index (χ1n) is 13.5. The molecule has 0 aliphatic heterocycles. The van der Waals surface area contributed by atoms with Crippen LogP contribution in [0.2, 0.25) is 5.02 Å². The Balaban J connectivity index is 1.23. The maximum Gasteiger partial charge on any atom is 0.158 e. The molecule has 0 saturated heterocycles. The molecule has 5 rings (SSSR count). The van der Waals surface area contributed by atoms with Crippen LogP contribution < -0.4 is 10.1 Å². The molecule has 0 unspecified atom stereocenters. The molecule has 0 aliphatic rings. The summed E-state index contributed by atoms with van der Waals surface area (Å²) in [6.45, 7) is 0.602. The number of carbonyl (C=O) groups is 1. The van der Waals surface area contributed by atoms with Crippen LogP contribution in [0.1, 0.15) is 30.6 Å². The van der Waals surface area contributed by atoms with E-state index in [1.807, 2.05) is 36.4 Å². The highest BCUT2D eigenvalue weighted by molar-refractivity contribution is 6.32. The number of aliphatic hydroxyl groups is 1. The normalized spacial score (nSPS) is 11.1. The van der Waals surface area contributed by atoms with Gasteiger partial charge in [0, 0.05) is 29.7 Å². The summed E-state index contributed by atoms with van der Waals surface area (Å²) in [5.74, 6) is 1.98. The van der Waals surface area contributed by atoms with Crippen molar-refractivity contribution in [2.45, 2.75) is 32.5 Å². The fourth-order valence-corrected chi connectivity index (χ4v) is 4.55. The summed E-state index contributed by atoms with van der Waals surface area (Å²) in [5.41, 5.74) is 3.03. The number of ether oxygens (including phenoxy) is 2. The number of hydrogen-bond acceptors (Lipinski definition) is 8. The zero-order chi connectivity index (χ0) is 29.3. The number of Topliss-reactive ketones (excluding diaryl/α,β-unsaturated/α-hetero) is 1.